The molecule has 1 aromatic rings. The van der Waals surface area contributed by atoms with E-state index in [0.29, 0.717) is 24.1 Å². The average molecular weight is 264 g/mol. The number of nitrogens with two attached hydrogens (primary N) is 1. The highest BCUT2D eigenvalue weighted by Crippen LogP contribution is 2.23. The summed E-state index contributed by atoms with van der Waals surface area (Å²) in [5, 5.41) is 9.10. The Morgan fingerprint density at radius 2 is 2.37 bits per heavy atom. The van der Waals surface area contributed by atoms with Gasteiger partial charge in [-0.05, 0) is 51.1 Å². The molecule has 1 aromatic carbocycles. The summed E-state index contributed by atoms with van der Waals surface area (Å²) in [7, 11) is 2.11. The molecule has 1 aliphatic rings. The van der Waals surface area contributed by atoms with Crippen molar-refractivity contribution >= 4 is 11.7 Å². The molecular weight excluding hydrogens is 244 g/mol. The molecule has 1 heterocycles. The molecule has 1 aliphatic heterocycles. The fourth-order valence-corrected chi connectivity index (χ4v) is 2.49. The lowest BCUT2D eigenvalue weighted by atomic mass is 10.1. The third kappa shape index (κ3) is 3.38. The molecule has 5 nitrogen and oxygen atoms in total. The van der Waals surface area contributed by atoms with Crippen molar-refractivity contribution in [3.05, 3.63) is 23.8 Å². The Kier molecular flexibility index (Phi) is 4.27. The van der Waals surface area contributed by atoms with E-state index in [1.807, 2.05) is 0 Å². The number of carboxylic acid groups (broad SMARTS) is 1. The Morgan fingerprint density at radius 3 is 3.00 bits per heavy atom. The van der Waals surface area contributed by atoms with E-state index in [-0.39, 0.29) is 5.56 Å². The molecule has 1 atom stereocenters. The third-order valence-corrected chi connectivity index (χ3v) is 3.61. The summed E-state index contributed by atoms with van der Waals surface area (Å²) in [4.78, 5) is 13.4. The average Bonchev–Trinajstić information content (AvgIpc) is 2.77. The summed E-state index contributed by atoms with van der Waals surface area (Å²) in [6.45, 7) is 1.66. The van der Waals surface area contributed by atoms with Crippen LogP contribution in [0.15, 0.2) is 18.2 Å². The summed E-state index contributed by atoms with van der Waals surface area (Å²) < 4.78 is 5.60. The Hall–Kier alpha value is -1.75. The predicted octanol–water partition coefficient (Wildman–Crippen LogP) is 1.83. The molecule has 19 heavy (non-hydrogen) atoms. The first-order valence-electron chi connectivity index (χ1n) is 6.54. The fourth-order valence-electron chi connectivity index (χ4n) is 2.49. The molecule has 2 rings (SSSR count). The zero-order valence-corrected chi connectivity index (χ0v) is 11.1. The molecule has 0 aromatic heterocycles. The molecule has 0 bridgehead atoms. The van der Waals surface area contributed by atoms with Crippen LogP contribution in [-0.4, -0.2) is 42.2 Å². The summed E-state index contributed by atoms with van der Waals surface area (Å²) in [6, 6.07) is 5.25. The van der Waals surface area contributed by atoms with Gasteiger partial charge in [-0.3, -0.25) is 0 Å². The number of ether oxygens (including phenoxy) is 1. The topological polar surface area (TPSA) is 75.8 Å². The van der Waals surface area contributed by atoms with Gasteiger partial charge in [-0.25, -0.2) is 4.79 Å². The van der Waals surface area contributed by atoms with Crippen LogP contribution in [0.3, 0.4) is 0 Å². The van der Waals surface area contributed by atoms with E-state index in [2.05, 4.69) is 11.9 Å². The third-order valence-electron chi connectivity index (χ3n) is 3.61. The Labute approximate surface area is 113 Å². The minimum atomic E-state index is -1.01. The number of aromatic carboxylic acids is 1. The maximum Gasteiger partial charge on any atom is 0.339 e. The van der Waals surface area contributed by atoms with Crippen molar-refractivity contribution < 1.29 is 14.6 Å². The van der Waals surface area contributed by atoms with Gasteiger partial charge in [0.1, 0.15) is 11.3 Å². The first kappa shape index (κ1) is 13.7. The smallest absolute Gasteiger partial charge is 0.339 e. The molecule has 1 saturated heterocycles. The number of anilines is 1. The number of rotatable bonds is 5. The minimum Gasteiger partial charge on any atom is -0.493 e. The standard InChI is InChI=1S/C14H20N2O3/c1-16-7-2-3-11(16)6-8-19-13-5-4-10(15)9-12(13)14(17)18/h4-5,9,11H,2-3,6-8,15H2,1H3,(H,17,18). The van der Waals surface area contributed by atoms with Gasteiger partial charge < -0.3 is 20.5 Å². The Balaban J connectivity index is 1.94. The fraction of sp³-hybridized carbons (Fsp3) is 0.500. The monoisotopic (exact) mass is 264 g/mol. The van der Waals surface area contributed by atoms with Crippen LogP contribution in [0, 0.1) is 0 Å². The van der Waals surface area contributed by atoms with E-state index >= 15 is 0 Å². The summed E-state index contributed by atoms with van der Waals surface area (Å²) >= 11 is 0. The van der Waals surface area contributed by atoms with Crippen molar-refractivity contribution in [2.45, 2.75) is 25.3 Å². The molecule has 0 aliphatic carbocycles. The molecule has 0 radical (unpaired) electrons. The van der Waals surface area contributed by atoms with Gasteiger partial charge in [0, 0.05) is 11.7 Å². The summed E-state index contributed by atoms with van der Waals surface area (Å²) in [6.07, 6.45) is 3.33. The maximum absolute atomic E-state index is 11.1. The van der Waals surface area contributed by atoms with Crippen LogP contribution in [-0.2, 0) is 0 Å². The lowest BCUT2D eigenvalue weighted by Crippen LogP contribution is -2.26. The van der Waals surface area contributed by atoms with Crippen molar-refractivity contribution in [3.8, 4) is 5.75 Å². The number of nitrogens with zero attached hydrogens (tertiary/aromatic N) is 1. The first-order chi connectivity index (χ1) is 9.08. The van der Waals surface area contributed by atoms with Crippen molar-refractivity contribution in [1.82, 2.24) is 4.90 Å². The molecular formula is C14H20N2O3. The van der Waals surface area contributed by atoms with Gasteiger partial charge in [0.15, 0.2) is 0 Å². The second-order valence-corrected chi connectivity index (χ2v) is 4.97. The SMILES string of the molecule is CN1CCCC1CCOc1ccc(N)cc1C(=O)O. The van der Waals surface area contributed by atoms with Gasteiger partial charge in [-0.1, -0.05) is 0 Å². The van der Waals surface area contributed by atoms with Crippen LogP contribution in [0.1, 0.15) is 29.6 Å². The number of likely N-dealkylation sites (tertiary alicyclic amines) is 1. The van der Waals surface area contributed by atoms with Crippen molar-refractivity contribution in [1.29, 1.82) is 0 Å². The van der Waals surface area contributed by atoms with Crippen LogP contribution in [0.5, 0.6) is 5.75 Å². The first-order valence-corrected chi connectivity index (χ1v) is 6.54. The normalized spacial score (nSPS) is 19.5. The van der Waals surface area contributed by atoms with Gasteiger partial charge in [0.05, 0.1) is 6.61 Å². The van der Waals surface area contributed by atoms with E-state index in [0.717, 1.165) is 13.0 Å². The van der Waals surface area contributed by atoms with Crippen LogP contribution >= 0.6 is 0 Å². The van der Waals surface area contributed by atoms with Crippen LogP contribution < -0.4 is 10.5 Å². The highest BCUT2D eigenvalue weighted by Gasteiger charge is 2.20. The van der Waals surface area contributed by atoms with Crippen LogP contribution in [0.4, 0.5) is 5.69 Å². The Morgan fingerprint density at radius 1 is 1.58 bits per heavy atom. The summed E-state index contributed by atoms with van der Waals surface area (Å²) in [5.74, 6) is -0.623. The zero-order chi connectivity index (χ0) is 13.8. The van der Waals surface area contributed by atoms with E-state index in [1.54, 1.807) is 12.1 Å². The van der Waals surface area contributed by atoms with Gasteiger partial charge in [0.25, 0.3) is 0 Å². The second kappa shape index (κ2) is 5.93. The zero-order valence-electron chi connectivity index (χ0n) is 11.1. The van der Waals surface area contributed by atoms with Gasteiger partial charge >= 0.3 is 5.97 Å². The molecule has 1 unspecified atom stereocenters. The lowest BCUT2D eigenvalue weighted by Gasteiger charge is -2.19. The van der Waals surface area contributed by atoms with E-state index in [1.165, 1.54) is 18.9 Å². The largest absolute Gasteiger partial charge is 0.493 e. The van der Waals surface area contributed by atoms with Crippen molar-refractivity contribution in [3.63, 3.8) is 0 Å². The summed E-state index contributed by atoms with van der Waals surface area (Å²) in [5.41, 5.74) is 6.14. The van der Waals surface area contributed by atoms with Crippen LogP contribution in [0.25, 0.3) is 0 Å². The quantitative estimate of drug-likeness (QED) is 0.793. The highest BCUT2D eigenvalue weighted by molar-refractivity contribution is 5.92. The maximum atomic E-state index is 11.1. The van der Waals surface area contributed by atoms with E-state index in [4.69, 9.17) is 15.6 Å². The number of carbonyl (C=O) groups is 1. The van der Waals surface area contributed by atoms with Gasteiger partial charge in [0.2, 0.25) is 0 Å². The lowest BCUT2D eigenvalue weighted by molar-refractivity contribution is 0.0692. The number of hydrogen-bond donors (Lipinski definition) is 2. The molecule has 3 N–H and O–H groups in total. The predicted molar refractivity (Wildman–Crippen MR) is 73.6 cm³/mol. The second-order valence-electron chi connectivity index (χ2n) is 4.97. The number of benzene rings is 1. The molecule has 0 saturated carbocycles. The molecule has 104 valence electrons. The van der Waals surface area contributed by atoms with Gasteiger partial charge in [-0.15, -0.1) is 0 Å². The molecule has 5 heteroatoms. The van der Waals surface area contributed by atoms with Crippen LogP contribution in [0.2, 0.25) is 0 Å². The van der Waals surface area contributed by atoms with E-state index in [9.17, 15) is 4.79 Å². The van der Waals surface area contributed by atoms with E-state index < -0.39 is 5.97 Å². The Bertz CT molecular complexity index is 462. The van der Waals surface area contributed by atoms with Crippen molar-refractivity contribution in [2.75, 3.05) is 25.9 Å². The van der Waals surface area contributed by atoms with Crippen molar-refractivity contribution in [2.24, 2.45) is 0 Å². The highest BCUT2D eigenvalue weighted by atomic mass is 16.5. The minimum absolute atomic E-state index is 0.125. The number of carboxylic acids is 1. The number of hydrogen-bond acceptors (Lipinski definition) is 4. The molecule has 1 fully saturated rings. The molecule has 0 amide bonds. The van der Waals surface area contributed by atoms with Gasteiger partial charge in [-0.2, -0.15) is 0 Å². The molecule has 0 spiro atoms. The number of nitrogen functional groups attached to an aromatic ring is 1.